The highest BCUT2D eigenvalue weighted by atomic mass is 19.1. The van der Waals surface area contributed by atoms with Crippen LogP contribution in [0.4, 0.5) is 10.1 Å². The molecule has 0 aliphatic carbocycles. The molecule has 0 spiro atoms. The van der Waals surface area contributed by atoms with Gasteiger partial charge in [0.25, 0.3) is 0 Å². The summed E-state index contributed by atoms with van der Waals surface area (Å²) in [7, 11) is 0. The number of aliphatic hydroxyl groups is 1. The van der Waals surface area contributed by atoms with Gasteiger partial charge in [-0.05, 0) is 24.5 Å². The topological polar surface area (TPSA) is 56.0 Å². The second kappa shape index (κ2) is 6.87. The third-order valence-corrected chi connectivity index (χ3v) is 2.82. The van der Waals surface area contributed by atoms with Gasteiger partial charge >= 0.3 is 0 Å². The fourth-order valence-corrected chi connectivity index (χ4v) is 1.67. The van der Waals surface area contributed by atoms with Crippen molar-refractivity contribution in [3.8, 4) is 6.07 Å². The molecule has 3 nitrogen and oxygen atoms in total. The summed E-state index contributed by atoms with van der Waals surface area (Å²) >= 11 is 0. The second-order valence-electron chi connectivity index (χ2n) is 3.94. The van der Waals surface area contributed by atoms with Crippen molar-refractivity contribution < 1.29 is 9.50 Å². The lowest BCUT2D eigenvalue weighted by atomic mass is 10.0. The van der Waals surface area contributed by atoms with E-state index < -0.39 is 5.82 Å². The Kier molecular flexibility index (Phi) is 5.44. The molecule has 2 N–H and O–H groups in total. The third kappa shape index (κ3) is 3.72. The average Bonchev–Trinajstić information content (AvgIpc) is 2.34. The van der Waals surface area contributed by atoms with E-state index in [4.69, 9.17) is 10.4 Å². The van der Waals surface area contributed by atoms with E-state index in [-0.39, 0.29) is 12.2 Å². The molecule has 0 bridgehead atoms. The minimum atomic E-state index is -0.507. The molecule has 1 aromatic carbocycles. The zero-order chi connectivity index (χ0) is 12.7. The second-order valence-corrected chi connectivity index (χ2v) is 3.94. The summed E-state index contributed by atoms with van der Waals surface area (Å²) in [6.07, 6.45) is 1.64. The summed E-state index contributed by atoms with van der Waals surface area (Å²) < 4.78 is 13.3. The van der Waals surface area contributed by atoms with Crippen molar-refractivity contribution in [1.82, 2.24) is 0 Å². The Morgan fingerprint density at radius 1 is 1.53 bits per heavy atom. The van der Waals surface area contributed by atoms with Gasteiger partial charge in [0.1, 0.15) is 17.4 Å². The molecule has 92 valence electrons. The summed E-state index contributed by atoms with van der Waals surface area (Å²) in [5.41, 5.74) is 0.565. The van der Waals surface area contributed by atoms with Crippen LogP contribution in [0, 0.1) is 23.1 Å². The number of rotatable bonds is 6. The molecule has 0 heterocycles. The summed E-state index contributed by atoms with van der Waals surface area (Å²) in [5, 5.41) is 20.8. The van der Waals surface area contributed by atoms with Crippen LogP contribution in [0.5, 0.6) is 0 Å². The SMILES string of the molecule is CCC(CCO)CNc1cccc(F)c1C#N. The number of aliphatic hydroxyl groups excluding tert-OH is 1. The van der Waals surface area contributed by atoms with E-state index in [1.165, 1.54) is 6.07 Å². The maximum Gasteiger partial charge on any atom is 0.143 e. The Hall–Kier alpha value is -1.60. The molecular weight excluding hydrogens is 219 g/mol. The smallest absolute Gasteiger partial charge is 0.143 e. The maximum absolute atomic E-state index is 13.3. The van der Waals surface area contributed by atoms with Crippen LogP contribution < -0.4 is 5.32 Å². The normalized spacial score (nSPS) is 11.9. The van der Waals surface area contributed by atoms with Gasteiger partial charge in [0.2, 0.25) is 0 Å². The standard InChI is InChI=1S/C13H17FN2O/c1-2-10(6-7-17)9-16-13-5-3-4-12(14)11(13)8-15/h3-5,10,16-17H,2,6-7,9H2,1H3. The first-order valence-electron chi connectivity index (χ1n) is 5.76. The van der Waals surface area contributed by atoms with Crippen LogP contribution in [0.2, 0.25) is 0 Å². The van der Waals surface area contributed by atoms with Crippen LogP contribution in [0.25, 0.3) is 0 Å². The molecule has 0 fully saturated rings. The highest BCUT2D eigenvalue weighted by molar-refractivity contribution is 5.57. The number of benzene rings is 1. The Bertz CT molecular complexity index is 401. The van der Waals surface area contributed by atoms with Gasteiger partial charge in [-0.1, -0.05) is 19.4 Å². The molecule has 1 rings (SSSR count). The maximum atomic E-state index is 13.3. The monoisotopic (exact) mass is 236 g/mol. The Morgan fingerprint density at radius 3 is 2.88 bits per heavy atom. The van der Waals surface area contributed by atoms with Gasteiger partial charge in [0.15, 0.2) is 0 Å². The molecule has 1 aromatic rings. The Balaban J connectivity index is 2.69. The molecule has 0 aromatic heterocycles. The first-order chi connectivity index (χ1) is 8.22. The van der Waals surface area contributed by atoms with E-state index in [0.29, 0.717) is 24.6 Å². The van der Waals surface area contributed by atoms with Crippen LogP contribution in [0.1, 0.15) is 25.3 Å². The fourth-order valence-electron chi connectivity index (χ4n) is 1.67. The zero-order valence-corrected chi connectivity index (χ0v) is 9.91. The van der Waals surface area contributed by atoms with E-state index >= 15 is 0 Å². The van der Waals surface area contributed by atoms with E-state index in [9.17, 15) is 4.39 Å². The predicted molar refractivity (Wildman–Crippen MR) is 65.1 cm³/mol. The van der Waals surface area contributed by atoms with Gasteiger partial charge < -0.3 is 10.4 Å². The average molecular weight is 236 g/mol. The minimum Gasteiger partial charge on any atom is -0.396 e. The van der Waals surface area contributed by atoms with Crippen molar-refractivity contribution in [2.75, 3.05) is 18.5 Å². The van der Waals surface area contributed by atoms with Crippen LogP contribution in [-0.4, -0.2) is 18.3 Å². The summed E-state index contributed by atoms with van der Waals surface area (Å²) in [4.78, 5) is 0. The van der Waals surface area contributed by atoms with Crippen molar-refractivity contribution in [1.29, 1.82) is 5.26 Å². The molecule has 17 heavy (non-hydrogen) atoms. The van der Waals surface area contributed by atoms with E-state index in [1.54, 1.807) is 12.1 Å². The number of anilines is 1. The van der Waals surface area contributed by atoms with Gasteiger partial charge in [-0.2, -0.15) is 5.26 Å². The first-order valence-corrected chi connectivity index (χ1v) is 5.76. The quantitative estimate of drug-likeness (QED) is 0.798. The molecular formula is C13H17FN2O. The third-order valence-electron chi connectivity index (χ3n) is 2.82. The predicted octanol–water partition coefficient (Wildman–Crippen LogP) is 2.52. The van der Waals surface area contributed by atoms with Crippen molar-refractivity contribution in [3.63, 3.8) is 0 Å². The molecule has 0 aliphatic heterocycles. The molecule has 0 radical (unpaired) electrons. The molecule has 1 unspecified atom stereocenters. The number of hydrogen-bond acceptors (Lipinski definition) is 3. The minimum absolute atomic E-state index is 0.0475. The van der Waals surface area contributed by atoms with E-state index in [1.807, 2.05) is 13.0 Å². The number of halogens is 1. The van der Waals surface area contributed by atoms with Crippen LogP contribution in [0.15, 0.2) is 18.2 Å². The number of nitrogens with zero attached hydrogens (tertiary/aromatic N) is 1. The number of nitriles is 1. The lowest BCUT2D eigenvalue weighted by Gasteiger charge is -2.16. The van der Waals surface area contributed by atoms with Crippen molar-refractivity contribution in [2.45, 2.75) is 19.8 Å². The van der Waals surface area contributed by atoms with Crippen LogP contribution >= 0.6 is 0 Å². The van der Waals surface area contributed by atoms with Crippen molar-refractivity contribution in [2.24, 2.45) is 5.92 Å². The molecule has 0 saturated heterocycles. The first kappa shape index (κ1) is 13.5. The highest BCUT2D eigenvalue weighted by Crippen LogP contribution is 2.19. The molecule has 4 heteroatoms. The van der Waals surface area contributed by atoms with Crippen LogP contribution in [-0.2, 0) is 0 Å². The van der Waals surface area contributed by atoms with Gasteiger partial charge in [-0.15, -0.1) is 0 Å². The molecule has 0 amide bonds. The summed E-state index contributed by atoms with van der Waals surface area (Å²) in [6, 6.07) is 6.39. The van der Waals surface area contributed by atoms with E-state index in [2.05, 4.69) is 5.32 Å². The van der Waals surface area contributed by atoms with Crippen molar-refractivity contribution >= 4 is 5.69 Å². The molecule has 1 atom stereocenters. The Labute approximate surface area is 101 Å². The van der Waals surface area contributed by atoms with E-state index in [0.717, 1.165) is 6.42 Å². The van der Waals surface area contributed by atoms with Crippen molar-refractivity contribution in [3.05, 3.63) is 29.6 Å². The zero-order valence-electron chi connectivity index (χ0n) is 9.91. The lowest BCUT2D eigenvalue weighted by Crippen LogP contribution is -2.15. The fraction of sp³-hybridized carbons (Fsp3) is 0.462. The van der Waals surface area contributed by atoms with Gasteiger partial charge in [-0.3, -0.25) is 0 Å². The van der Waals surface area contributed by atoms with Crippen LogP contribution in [0.3, 0.4) is 0 Å². The number of hydrogen-bond donors (Lipinski definition) is 2. The lowest BCUT2D eigenvalue weighted by molar-refractivity contribution is 0.258. The molecule has 0 saturated carbocycles. The van der Waals surface area contributed by atoms with Gasteiger partial charge in [0.05, 0.1) is 5.69 Å². The largest absolute Gasteiger partial charge is 0.396 e. The number of nitrogens with one attached hydrogen (secondary N) is 1. The summed E-state index contributed by atoms with van der Waals surface area (Å²) in [6.45, 7) is 2.82. The summed E-state index contributed by atoms with van der Waals surface area (Å²) in [5.74, 6) is -0.178. The highest BCUT2D eigenvalue weighted by Gasteiger charge is 2.10. The van der Waals surface area contributed by atoms with Gasteiger partial charge in [0, 0.05) is 13.2 Å². The van der Waals surface area contributed by atoms with Gasteiger partial charge in [-0.25, -0.2) is 4.39 Å². The Morgan fingerprint density at radius 2 is 2.29 bits per heavy atom. The molecule has 0 aliphatic rings.